The molecule has 3 aliphatic heterocycles. The first-order valence-corrected chi connectivity index (χ1v) is 11.5. The number of halogens is 2. The largest absolute Gasteiger partial charge is 0.477 e. The summed E-state index contributed by atoms with van der Waals surface area (Å²) in [4.78, 5) is 15.3. The molecule has 0 spiro atoms. The van der Waals surface area contributed by atoms with Gasteiger partial charge in [-0.05, 0) is 54.5 Å². The summed E-state index contributed by atoms with van der Waals surface area (Å²) in [6, 6.07) is 13.0. The number of benzene rings is 3. The minimum absolute atomic E-state index is 0.153. The van der Waals surface area contributed by atoms with Crippen molar-refractivity contribution in [2.45, 2.75) is 20.0 Å². The second-order valence-corrected chi connectivity index (χ2v) is 9.24. The van der Waals surface area contributed by atoms with Crippen LogP contribution in [0.1, 0.15) is 32.6 Å². The molecule has 172 valence electrons. The van der Waals surface area contributed by atoms with E-state index in [-0.39, 0.29) is 18.3 Å². The third kappa shape index (κ3) is 3.68. The average molecular weight is 496 g/mol. The van der Waals surface area contributed by atoms with E-state index in [9.17, 15) is 4.79 Å². The molecule has 3 heterocycles. The number of Topliss-reactive ketones (excluding diaryl/α,β-unsaturated/α-hetero) is 1. The van der Waals surface area contributed by atoms with Gasteiger partial charge < -0.3 is 18.9 Å². The smallest absolute Gasteiger partial charge is 0.231 e. The molecule has 6 rings (SSSR count). The topological polar surface area (TPSA) is 57.2 Å². The summed E-state index contributed by atoms with van der Waals surface area (Å²) in [6.07, 6.45) is 1.72. The van der Waals surface area contributed by atoms with Gasteiger partial charge >= 0.3 is 0 Å². The fourth-order valence-electron chi connectivity index (χ4n) is 4.45. The molecule has 0 saturated heterocycles. The SMILES string of the molecule is Cc1c2c(cc3c1O/C(=C\c1ccc4c(c1)OCO4)C3=O)CN(Cc1ccc(Cl)c(Cl)c1)CO2. The van der Waals surface area contributed by atoms with Gasteiger partial charge in [-0.15, -0.1) is 0 Å². The number of allylic oxidation sites excluding steroid dienone is 1. The number of ketones is 1. The van der Waals surface area contributed by atoms with Gasteiger partial charge in [0.25, 0.3) is 0 Å². The van der Waals surface area contributed by atoms with Crippen molar-refractivity contribution < 1.29 is 23.7 Å². The number of carbonyl (C=O) groups is 1. The summed E-state index contributed by atoms with van der Waals surface area (Å²) in [6.45, 7) is 3.82. The lowest BCUT2D eigenvalue weighted by Gasteiger charge is -2.30. The van der Waals surface area contributed by atoms with Crippen LogP contribution in [0.4, 0.5) is 0 Å². The van der Waals surface area contributed by atoms with E-state index < -0.39 is 0 Å². The number of ether oxygens (including phenoxy) is 4. The van der Waals surface area contributed by atoms with Gasteiger partial charge in [-0.3, -0.25) is 9.69 Å². The molecule has 0 amide bonds. The van der Waals surface area contributed by atoms with Crippen molar-refractivity contribution in [3.63, 3.8) is 0 Å². The highest BCUT2D eigenvalue weighted by Crippen LogP contribution is 2.43. The number of rotatable bonds is 3. The predicted molar refractivity (Wildman–Crippen MR) is 128 cm³/mol. The zero-order valence-electron chi connectivity index (χ0n) is 18.2. The summed E-state index contributed by atoms with van der Waals surface area (Å²) in [5.41, 5.74) is 4.15. The highest BCUT2D eigenvalue weighted by Gasteiger charge is 2.33. The van der Waals surface area contributed by atoms with Crippen LogP contribution in [0.15, 0.2) is 48.2 Å². The summed E-state index contributed by atoms with van der Waals surface area (Å²) >= 11 is 12.2. The van der Waals surface area contributed by atoms with E-state index >= 15 is 0 Å². The van der Waals surface area contributed by atoms with Crippen LogP contribution < -0.4 is 18.9 Å². The molecule has 3 aromatic carbocycles. The molecule has 6 nitrogen and oxygen atoms in total. The Balaban J connectivity index is 1.26. The van der Waals surface area contributed by atoms with Crippen molar-refractivity contribution in [1.29, 1.82) is 0 Å². The summed E-state index contributed by atoms with van der Waals surface area (Å²) < 4.78 is 22.9. The first-order valence-electron chi connectivity index (χ1n) is 10.8. The molecular weight excluding hydrogens is 477 g/mol. The highest BCUT2D eigenvalue weighted by atomic mass is 35.5. The van der Waals surface area contributed by atoms with Crippen LogP contribution in [0.5, 0.6) is 23.0 Å². The lowest BCUT2D eigenvalue weighted by molar-refractivity contribution is 0.0876. The number of nitrogens with zero attached hydrogens (tertiary/aromatic N) is 1. The number of fused-ring (bicyclic) bond motifs is 3. The van der Waals surface area contributed by atoms with Gasteiger partial charge in [0.15, 0.2) is 17.3 Å². The van der Waals surface area contributed by atoms with Gasteiger partial charge in [0, 0.05) is 24.2 Å². The van der Waals surface area contributed by atoms with Crippen molar-refractivity contribution in [3.8, 4) is 23.0 Å². The second-order valence-electron chi connectivity index (χ2n) is 8.43. The average Bonchev–Trinajstić information content (AvgIpc) is 3.41. The van der Waals surface area contributed by atoms with Crippen LogP contribution in [0.25, 0.3) is 6.08 Å². The Bertz CT molecular complexity index is 1380. The van der Waals surface area contributed by atoms with Crippen LogP contribution in [-0.4, -0.2) is 24.2 Å². The maximum absolute atomic E-state index is 13.2. The molecule has 3 aromatic rings. The molecule has 3 aliphatic rings. The Kier molecular flexibility index (Phi) is 5.17. The lowest BCUT2D eigenvalue weighted by Crippen LogP contribution is -2.32. The van der Waals surface area contributed by atoms with Crippen LogP contribution in [0.3, 0.4) is 0 Å². The van der Waals surface area contributed by atoms with Gasteiger partial charge in [0.2, 0.25) is 12.6 Å². The molecule has 0 unspecified atom stereocenters. The van der Waals surface area contributed by atoms with E-state index in [1.165, 1.54) is 0 Å². The fraction of sp³-hybridized carbons (Fsp3) is 0.192. The van der Waals surface area contributed by atoms with Crippen molar-refractivity contribution in [1.82, 2.24) is 4.90 Å². The third-order valence-corrected chi connectivity index (χ3v) is 6.83. The zero-order valence-corrected chi connectivity index (χ0v) is 19.7. The van der Waals surface area contributed by atoms with Crippen LogP contribution in [0, 0.1) is 6.92 Å². The van der Waals surface area contributed by atoms with E-state index in [4.69, 9.17) is 42.1 Å². The van der Waals surface area contributed by atoms with Crippen LogP contribution in [-0.2, 0) is 13.1 Å². The zero-order chi connectivity index (χ0) is 23.4. The molecule has 0 aliphatic carbocycles. The quantitative estimate of drug-likeness (QED) is 0.415. The Labute approximate surface area is 206 Å². The Morgan fingerprint density at radius 1 is 0.971 bits per heavy atom. The Morgan fingerprint density at radius 2 is 1.82 bits per heavy atom. The maximum atomic E-state index is 13.2. The first kappa shape index (κ1) is 21.4. The number of hydrogen-bond acceptors (Lipinski definition) is 6. The number of hydrogen-bond donors (Lipinski definition) is 0. The molecule has 0 aromatic heterocycles. The normalized spacial score (nSPS) is 17.4. The summed E-state index contributed by atoms with van der Waals surface area (Å²) in [5.74, 6) is 2.77. The van der Waals surface area contributed by atoms with E-state index in [1.807, 2.05) is 43.3 Å². The van der Waals surface area contributed by atoms with Gasteiger partial charge in [-0.1, -0.05) is 35.3 Å². The van der Waals surface area contributed by atoms with E-state index in [0.717, 1.165) is 28.0 Å². The second kappa shape index (κ2) is 8.24. The van der Waals surface area contributed by atoms with E-state index in [2.05, 4.69) is 4.90 Å². The molecule has 0 bridgehead atoms. The highest BCUT2D eigenvalue weighted by molar-refractivity contribution is 6.42. The van der Waals surface area contributed by atoms with E-state index in [0.29, 0.717) is 52.7 Å². The maximum Gasteiger partial charge on any atom is 0.231 e. The van der Waals surface area contributed by atoms with E-state index in [1.54, 1.807) is 12.1 Å². The van der Waals surface area contributed by atoms with Gasteiger partial charge in [-0.2, -0.15) is 0 Å². The predicted octanol–water partition coefficient (Wildman–Crippen LogP) is 6.00. The molecule has 0 saturated carbocycles. The monoisotopic (exact) mass is 495 g/mol. The van der Waals surface area contributed by atoms with Crippen molar-refractivity contribution in [2.75, 3.05) is 13.5 Å². The van der Waals surface area contributed by atoms with Gasteiger partial charge in [0.1, 0.15) is 18.2 Å². The Morgan fingerprint density at radius 3 is 2.68 bits per heavy atom. The molecule has 0 N–H and O–H groups in total. The lowest BCUT2D eigenvalue weighted by atomic mass is 10.00. The van der Waals surface area contributed by atoms with Crippen molar-refractivity contribution in [2.24, 2.45) is 0 Å². The van der Waals surface area contributed by atoms with Crippen LogP contribution in [0.2, 0.25) is 10.0 Å². The van der Waals surface area contributed by atoms with Crippen LogP contribution >= 0.6 is 23.2 Å². The Hall–Kier alpha value is -3.19. The molecule has 8 heteroatoms. The molecule has 0 atom stereocenters. The summed E-state index contributed by atoms with van der Waals surface area (Å²) in [7, 11) is 0. The van der Waals surface area contributed by atoms with Gasteiger partial charge in [0.05, 0.1) is 15.6 Å². The number of carbonyl (C=O) groups excluding carboxylic acids is 1. The molecule has 34 heavy (non-hydrogen) atoms. The third-order valence-electron chi connectivity index (χ3n) is 6.09. The minimum atomic E-state index is -0.153. The first-order chi connectivity index (χ1) is 16.5. The standard InChI is InChI=1S/C26H19Cl2NO5/c1-14-25-17(11-29(12-31-25)10-16-2-4-19(27)20(28)6-16)9-18-24(30)23(34-26(14)18)8-15-3-5-21-22(7-15)33-13-32-21/h2-9H,10-13H2,1H3/b23-8-. The fourth-order valence-corrected chi connectivity index (χ4v) is 4.77. The molecule has 0 radical (unpaired) electrons. The summed E-state index contributed by atoms with van der Waals surface area (Å²) in [5, 5.41) is 1.05. The molecule has 0 fully saturated rings. The van der Waals surface area contributed by atoms with Crippen molar-refractivity contribution in [3.05, 3.63) is 86.1 Å². The van der Waals surface area contributed by atoms with Gasteiger partial charge in [-0.25, -0.2) is 0 Å². The minimum Gasteiger partial charge on any atom is -0.477 e. The van der Waals surface area contributed by atoms with Crippen molar-refractivity contribution >= 4 is 35.1 Å². The molecular formula is C26H19Cl2NO5.